The van der Waals surface area contributed by atoms with Crippen LogP contribution >= 0.6 is 0 Å². The van der Waals surface area contributed by atoms with Crippen LogP contribution in [0.15, 0.2) is 42.9 Å². The van der Waals surface area contributed by atoms with Gasteiger partial charge in [0.05, 0.1) is 0 Å². The van der Waals surface area contributed by atoms with Gasteiger partial charge in [-0.3, -0.25) is 4.98 Å². The van der Waals surface area contributed by atoms with Crippen LogP contribution < -0.4 is 4.90 Å². The van der Waals surface area contributed by atoms with E-state index in [0.29, 0.717) is 6.54 Å². The minimum atomic E-state index is -0.462. The molecule has 0 unspecified atom stereocenters. The quantitative estimate of drug-likeness (QED) is 0.738. The van der Waals surface area contributed by atoms with Crippen molar-refractivity contribution in [3.05, 3.63) is 54.4 Å². The van der Waals surface area contributed by atoms with Gasteiger partial charge in [-0.1, -0.05) is 6.07 Å². The normalized spacial score (nSPS) is 10.1. The summed E-state index contributed by atoms with van der Waals surface area (Å²) in [4.78, 5) is 9.51. The molecule has 16 heavy (non-hydrogen) atoms. The second-order valence-corrected chi connectivity index (χ2v) is 3.55. The average Bonchev–Trinajstić information content (AvgIpc) is 2.30. The maximum absolute atomic E-state index is 12.9. The highest BCUT2D eigenvalue weighted by molar-refractivity contribution is 5.44. The van der Waals surface area contributed by atoms with E-state index in [4.69, 9.17) is 0 Å². The molecular formula is C12H12FN3. The van der Waals surface area contributed by atoms with Crippen LogP contribution in [0.1, 0.15) is 5.56 Å². The molecule has 0 atom stereocenters. The molecule has 2 aromatic heterocycles. The Bertz CT molecular complexity index is 459. The van der Waals surface area contributed by atoms with Crippen molar-refractivity contribution in [3.63, 3.8) is 0 Å². The van der Waals surface area contributed by atoms with Gasteiger partial charge < -0.3 is 4.90 Å². The molecule has 0 spiro atoms. The second kappa shape index (κ2) is 4.70. The van der Waals surface area contributed by atoms with Gasteiger partial charge in [-0.2, -0.15) is 4.39 Å². The molecule has 4 heteroatoms. The second-order valence-electron chi connectivity index (χ2n) is 3.55. The van der Waals surface area contributed by atoms with Crippen LogP contribution in [0.2, 0.25) is 0 Å². The number of nitrogens with zero attached hydrogens (tertiary/aromatic N) is 3. The molecule has 0 aromatic carbocycles. The number of aromatic nitrogens is 2. The van der Waals surface area contributed by atoms with Crippen molar-refractivity contribution in [2.75, 3.05) is 11.9 Å². The highest BCUT2D eigenvalue weighted by atomic mass is 19.1. The summed E-state index contributed by atoms with van der Waals surface area (Å²) in [7, 11) is 1.90. The van der Waals surface area contributed by atoms with E-state index >= 15 is 0 Å². The van der Waals surface area contributed by atoms with Gasteiger partial charge in [0.25, 0.3) is 0 Å². The molecule has 0 fully saturated rings. The molecule has 0 saturated heterocycles. The number of anilines is 1. The SMILES string of the molecule is CN(Cc1cccnc1)c1ccnc(F)c1. The molecule has 0 radical (unpaired) electrons. The van der Waals surface area contributed by atoms with Gasteiger partial charge >= 0.3 is 0 Å². The zero-order chi connectivity index (χ0) is 11.4. The first-order valence-corrected chi connectivity index (χ1v) is 4.97. The van der Waals surface area contributed by atoms with Crippen LogP contribution in [0.3, 0.4) is 0 Å². The van der Waals surface area contributed by atoms with Crippen LogP contribution in [-0.4, -0.2) is 17.0 Å². The Labute approximate surface area is 93.6 Å². The van der Waals surface area contributed by atoms with Crippen molar-refractivity contribution >= 4 is 5.69 Å². The predicted molar refractivity (Wildman–Crippen MR) is 60.5 cm³/mol. The lowest BCUT2D eigenvalue weighted by atomic mass is 10.2. The van der Waals surface area contributed by atoms with Gasteiger partial charge in [0.1, 0.15) is 0 Å². The summed E-state index contributed by atoms with van der Waals surface area (Å²) < 4.78 is 12.9. The fourth-order valence-electron chi connectivity index (χ4n) is 1.49. The number of pyridine rings is 2. The van der Waals surface area contributed by atoms with E-state index in [-0.39, 0.29) is 0 Å². The summed E-state index contributed by atoms with van der Waals surface area (Å²) in [5, 5.41) is 0. The summed E-state index contributed by atoms with van der Waals surface area (Å²) in [5.74, 6) is -0.462. The Morgan fingerprint density at radius 1 is 1.31 bits per heavy atom. The molecule has 0 N–H and O–H groups in total. The van der Waals surface area contributed by atoms with E-state index in [9.17, 15) is 4.39 Å². The summed E-state index contributed by atoms with van der Waals surface area (Å²) in [6.07, 6.45) is 4.99. The largest absolute Gasteiger partial charge is 0.370 e. The molecule has 0 aliphatic heterocycles. The Morgan fingerprint density at radius 3 is 2.88 bits per heavy atom. The van der Waals surface area contributed by atoms with Gasteiger partial charge in [-0.05, 0) is 17.7 Å². The summed E-state index contributed by atoms with van der Waals surface area (Å²) in [6, 6.07) is 7.06. The fourth-order valence-corrected chi connectivity index (χ4v) is 1.49. The van der Waals surface area contributed by atoms with Crippen molar-refractivity contribution in [1.29, 1.82) is 0 Å². The minimum Gasteiger partial charge on any atom is -0.370 e. The summed E-state index contributed by atoms with van der Waals surface area (Å²) in [5.41, 5.74) is 1.89. The first-order valence-electron chi connectivity index (χ1n) is 4.97. The van der Waals surface area contributed by atoms with E-state index in [1.807, 2.05) is 24.1 Å². The lowest BCUT2D eigenvalue weighted by molar-refractivity contribution is 0.583. The molecule has 2 aromatic rings. The molecule has 82 valence electrons. The smallest absolute Gasteiger partial charge is 0.214 e. The lowest BCUT2D eigenvalue weighted by Gasteiger charge is -2.18. The van der Waals surface area contributed by atoms with Gasteiger partial charge in [0.2, 0.25) is 5.95 Å². The van der Waals surface area contributed by atoms with Crippen LogP contribution in [0, 0.1) is 5.95 Å². The third-order valence-corrected chi connectivity index (χ3v) is 2.29. The zero-order valence-electron chi connectivity index (χ0n) is 8.97. The topological polar surface area (TPSA) is 29.0 Å². The van der Waals surface area contributed by atoms with Crippen LogP contribution in [0.5, 0.6) is 0 Å². The molecule has 3 nitrogen and oxygen atoms in total. The zero-order valence-corrected chi connectivity index (χ0v) is 8.97. The predicted octanol–water partition coefficient (Wildman–Crippen LogP) is 2.25. The van der Waals surface area contributed by atoms with Gasteiger partial charge in [0.15, 0.2) is 0 Å². The molecule has 0 saturated carbocycles. The van der Waals surface area contributed by atoms with E-state index in [1.54, 1.807) is 18.5 Å². The van der Waals surface area contributed by atoms with E-state index in [0.717, 1.165) is 11.3 Å². The molecule has 2 heterocycles. The molecule has 0 amide bonds. The standard InChI is InChI=1S/C12H12FN3/c1-16(9-10-3-2-5-14-8-10)11-4-6-15-12(13)7-11/h2-8H,9H2,1H3. The maximum Gasteiger partial charge on any atom is 0.214 e. The van der Waals surface area contributed by atoms with Gasteiger partial charge in [-0.15, -0.1) is 0 Å². The number of rotatable bonds is 3. The van der Waals surface area contributed by atoms with Crippen molar-refractivity contribution in [1.82, 2.24) is 9.97 Å². The first-order chi connectivity index (χ1) is 7.75. The molecular weight excluding hydrogens is 205 g/mol. The van der Waals surface area contributed by atoms with E-state index in [2.05, 4.69) is 9.97 Å². The van der Waals surface area contributed by atoms with Gasteiger partial charge in [-0.25, -0.2) is 4.98 Å². The van der Waals surface area contributed by atoms with Gasteiger partial charge in [0, 0.05) is 43.9 Å². The summed E-state index contributed by atoms with van der Waals surface area (Å²) >= 11 is 0. The van der Waals surface area contributed by atoms with Crippen LogP contribution in [0.25, 0.3) is 0 Å². The summed E-state index contributed by atoms with van der Waals surface area (Å²) in [6.45, 7) is 0.692. The number of hydrogen-bond donors (Lipinski definition) is 0. The third-order valence-electron chi connectivity index (χ3n) is 2.29. The molecule has 0 aliphatic carbocycles. The Hall–Kier alpha value is -1.97. The van der Waals surface area contributed by atoms with Crippen molar-refractivity contribution < 1.29 is 4.39 Å². The number of hydrogen-bond acceptors (Lipinski definition) is 3. The highest BCUT2D eigenvalue weighted by Gasteiger charge is 2.03. The maximum atomic E-state index is 12.9. The highest BCUT2D eigenvalue weighted by Crippen LogP contribution is 2.14. The van der Waals surface area contributed by atoms with E-state index < -0.39 is 5.95 Å². The third kappa shape index (κ3) is 2.53. The van der Waals surface area contributed by atoms with Crippen molar-refractivity contribution in [3.8, 4) is 0 Å². The lowest BCUT2D eigenvalue weighted by Crippen LogP contribution is -2.16. The first kappa shape index (κ1) is 10.5. The Morgan fingerprint density at radius 2 is 2.19 bits per heavy atom. The fraction of sp³-hybridized carbons (Fsp3) is 0.167. The van der Waals surface area contributed by atoms with Crippen molar-refractivity contribution in [2.24, 2.45) is 0 Å². The molecule has 0 aliphatic rings. The van der Waals surface area contributed by atoms with Crippen molar-refractivity contribution in [2.45, 2.75) is 6.54 Å². The Kier molecular flexibility index (Phi) is 3.10. The minimum absolute atomic E-state index is 0.462. The van der Waals surface area contributed by atoms with Crippen LogP contribution in [0.4, 0.5) is 10.1 Å². The average molecular weight is 217 g/mol. The molecule has 2 rings (SSSR count). The number of halogens is 1. The Balaban J connectivity index is 2.12. The monoisotopic (exact) mass is 217 g/mol. The molecule has 0 bridgehead atoms. The van der Waals surface area contributed by atoms with E-state index in [1.165, 1.54) is 12.3 Å². The van der Waals surface area contributed by atoms with Crippen LogP contribution in [-0.2, 0) is 6.54 Å².